The Bertz CT molecular complexity index is 541. The molecular weight excluding hydrogens is 270 g/mol. The number of carbonyl (C=O) groups excluding carboxylic acids is 3. The molecular formula is C15H21N3O3. The lowest BCUT2D eigenvalue weighted by atomic mass is 10.1. The van der Waals surface area contributed by atoms with Gasteiger partial charge in [0.05, 0.1) is 0 Å². The van der Waals surface area contributed by atoms with Crippen molar-refractivity contribution in [1.29, 1.82) is 0 Å². The van der Waals surface area contributed by atoms with Crippen LogP contribution in [0.15, 0.2) is 24.3 Å². The van der Waals surface area contributed by atoms with Gasteiger partial charge in [-0.2, -0.15) is 0 Å². The zero-order valence-corrected chi connectivity index (χ0v) is 12.6. The third kappa shape index (κ3) is 5.64. The molecule has 0 unspecified atom stereocenters. The normalized spacial score (nSPS) is 10.3. The lowest BCUT2D eigenvalue weighted by molar-refractivity contribution is -0.118. The molecule has 1 aromatic carbocycles. The van der Waals surface area contributed by atoms with Crippen LogP contribution in [0, 0.1) is 5.92 Å². The lowest BCUT2D eigenvalue weighted by Crippen LogP contribution is -2.42. The molecule has 0 saturated heterocycles. The first kappa shape index (κ1) is 16.7. The van der Waals surface area contributed by atoms with Crippen molar-refractivity contribution in [3.63, 3.8) is 0 Å². The first-order valence-electron chi connectivity index (χ1n) is 6.74. The summed E-state index contributed by atoms with van der Waals surface area (Å²) < 4.78 is 0. The minimum absolute atomic E-state index is 0.0812. The summed E-state index contributed by atoms with van der Waals surface area (Å²) in [5.74, 6) is -0.441. The predicted octanol–water partition coefficient (Wildman–Crippen LogP) is 1.86. The Morgan fingerprint density at radius 3 is 2.48 bits per heavy atom. The Balaban J connectivity index is 2.82. The number of hydrogen-bond donors (Lipinski definition) is 2. The van der Waals surface area contributed by atoms with E-state index in [0.717, 1.165) is 0 Å². The van der Waals surface area contributed by atoms with Crippen molar-refractivity contribution in [1.82, 2.24) is 4.90 Å². The second kappa shape index (κ2) is 7.42. The van der Waals surface area contributed by atoms with Gasteiger partial charge in [0.2, 0.25) is 5.91 Å². The molecule has 0 saturated carbocycles. The van der Waals surface area contributed by atoms with E-state index in [-0.39, 0.29) is 18.2 Å². The number of Topliss-reactive ketones (excluding diaryl/α,β-unsaturated/α-hetero) is 1. The number of anilines is 1. The number of benzene rings is 1. The smallest absolute Gasteiger partial charge is 0.322 e. The number of nitrogens with zero attached hydrogens (tertiary/aromatic N) is 1. The molecule has 0 aromatic heterocycles. The number of carbonyl (C=O) groups is 3. The maximum atomic E-state index is 12.2. The van der Waals surface area contributed by atoms with Gasteiger partial charge in [-0.15, -0.1) is 0 Å². The van der Waals surface area contributed by atoms with E-state index in [0.29, 0.717) is 17.8 Å². The average molecular weight is 291 g/mol. The van der Waals surface area contributed by atoms with Crippen LogP contribution in [0.2, 0.25) is 0 Å². The number of rotatable bonds is 6. The minimum Gasteiger partial charge on any atom is -0.368 e. The van der Waals surface area contributed by atoms with Crippen molar-refractivity contribution < 1.29 is 14.4 Å². The second-order valence-electron chi connectivity index (χ2n) is 5.31. The zero-order chi connectivity index (χ0) is 16.0. The second-order valence-corrected chi connectivity index (χ2v) is 5.31. The Kier molecular flexibility index (Phi) is 5.90. The minimum atomic E-state index is -0.566. The van der Waals surface area contributed by atoms with Crippen LogP contribution in [0.25, 0.3) is 0 Å². The molecule has 0 aliphatic carbocycles. The highest BCUT2D eigenvalue weighted by molar-refractivity contribution is 5.97. The average Bonchev–Trinajstić information content (AvgIpc) is 2.37. The number of urea groups is 1. The summed E-state index contributed by atoms with van der Waals surface area (Å²) in [5.41, 5.74) is 6.18. The van der Waals surface area contributed by atoms with Gasteiger partial charge in [-0.1, -0.05) is 26.0 Å². The third-order valence-corrected chi connectivity index (χ3v) is 2.74. The molecule has 0 spiro atoms. The van der Waals surface area contributed by atoms with Crippen LogP contribution < -0.4 is 11.1 Å². The first-order chi connectivity index (χ1) is 9.79. The quantitative estimate of drug-likeness (QED) is 0.783. The van der Waals surface area contributed by atoms with Gasteiger partial charge < -0.3 is 16.0 Å². The Morgan fingerprint density at radius 2 is 1.95 bits per heavy atom. The fourth-order valence-electron chi connectivity index (χ4n) is 1.87. The maximum absolute atomic E-state index is 12.2. The molecule has 114 valence electrons. The molecule has 6 nitrogen and oxygen atoms in total. The van der Waals surface area contributed by atoms with Gasteiger partial charge in [0, 0.05) is 17.8 Å². The van der Waals surface area contributed by atoms with Crippen LogP contribution in [-0.2, 0) is 4.79 Å². The molecule has 0 heterocycles. The molecule has 0 aliphatic heterocycles. The van der Waals surface area contributed by atoms with E-state index in [1.54, 1.807) is 24.3 Å². The van der Waals surface area contributed by atoms with E-state index in [9.17, 15) is 14.4 Å². The number of amides is 3. The topological polar surface area (TPSA) is 92.5 Å². The van der Waals surface area contributed by atoms with Gasteiger partial charge in [0.15, 0.2) is 5.78 Å². The largest absolute Gasteiger partial charge is 0.368 e. The molecule has 0 atom stereocenters. The molecule has 21 heavy (non-hydrogen) atoms. The summed E-state index contributed by atoms with van der Waals surface area (Å²) >= 11 is 0. The summed E-state index contributed by atoms with van der Waals surface area (Å²) in [6.07, 6.45) is 0. The van der Waals surface area contributed by atoms with Crippen molar-refractivity contribution in [3.8, 4) is 0 Å². The predicted molar refractivity (Wildman–Crippen MR) is 81.1 cm³/mol. The van der Waals surface area contributed by atoms with E-state index in [1.807, 2.05) is 13.8 Å². The highest BCUT2D eigenvalue weighted by Gasteiger charge is 2.17. The number of primary amides is 1. The summed E-state index contributed by atoms with van der Waals surface area (Å²) in [6, 6.07) is 6.23. The first-order valence-corrected chi connectivity index (χ1v) is 6.74. The van der Waals surface area contributed by atoms with Gasteiger partial charge in [-0.25, -0.2) is 4.79 Å². The molecule has 0 radical (unpaired) electrons. The van der Waals surface area contributed by atoms with Gasteiger partial charge in [0.1, 0.15) is 6.54 Å². The number of hydrogen-bond acceptors (Lipinski definition) is 3. The number of nitrogens with two attached hydrogens (primary N) is 1. The van der Waals surface area contributed by atoms with Crippen molar-refractivity contribution in [2.75, 3.05) is 18.4 Å². The molecule has 3 N–H and O–H groups in total. The zero-order valence-electron chi connectivity index (χ0n) is 12.6. The van der Waals surface area contributed by atoms with Crippen LogP contribution in [0.3, 0.4) is 0 Å². The van der Waals surface area contributed by atoms with E-state index in [1.165, 1.54) is 11.8 Å². The van der Waals surface area contributed by atoms with Crippen molar-refractivity contribution >= 4 is 23.4 Å². The maximum Gasteiger partial charge on any atom is 0.322 e. The molecule has 0 bridgehead atoms. The number of nitrogens with one attached hydrogen (secondary N) is 1. The molecule has 1 rings (SSSR count). The van der Waals surface area contributed by atoms with Gasteiger partial charge in [-0.05, 0) is 25.0 Å². The SMILES string of the molecule is CC(=O)c1cccc(NC(=O)N(CC(N)=O)CC(C)C)c1. The molecule has 0 aliphatic rings. The van der Waals surface area contributed by atoms with Crippen molar-refractivity contribution in [2.24, 2.45) is 11.7 Å². The molecule has 6 heteroatoms. The van der Waals surface area contributed by atoms with Gasteiger partial charge in [-0.3, -0.25) is 9.59 Å². The standard InChI is InChI=1S/C15H21N3O3/c1-10(2)8-18(9-14(16)20)15(21)17-13-6-4-5-12(7-13)11(3)19/h4-7,10H,8-9H2,1-3H3,(H2,16,20)(H,17,21). The summed E-state index contributed by atoms with van der Waals surface area (Å²) in [7, 11) is 0. The number of ketones is 1. The Labute approximate surface area is 124 Å². The summed E-state index contributed by atoms with van der Waals surface area (Å²) in [4.78, 5) is 35.9. The van der Waals surface area contributed by atoms with Gasteiger partial charge in [0.25, 0.3) is 0 Å². The molecule has 0 fully saturated rings. The van der Waals surface area contributed by atoms with Crippen molar-refractivity contribution in [2.45, 2.75) is 20.8 Å². The van der Waals surface area contributed by atoms with E-state index in [4.69, 9.17) is 5.73 Å². The molecule has 1 aromatic rings. The van der Waals surface area contributed by atoms with Crippen LogP contribution in [0.1, 0.15) is 31.1 Å². The molecule has 3 amide bonds. The highest BCUT2D eigenvalue weighted by Crippen LogP contribution is 2.12. The Morgan fingerprint density at radius 1 is 1.29 bits per heavy atom. The van der Waals surface area contributed by atoms with Crippen molar-refractivity contribution in [3.05, 3.63) is 29.8 Å². The van der Waals surface area contributed by atoms with Crippen LogP contribution >= 0.6 is 0 Å². The third-order valence-electron chi connectivity index (χ3n) is 2.74. The van der Waals surface area contributed by atoms with Gasteiger partial charge >= 0.3 is 6.03 Å². The summed E-state index contributed by atoms with van der Waals surface area (Å²) in [5, 5.41) is 2.68. The Hall–Kier alpha value is -2.37. The fourth-order valence-corrected chi connectivity index (χ4v) is 1.87. The van der Waals surface area contributed by atoms with E-state index < -0.39 is 11.9 Å². The highest BCUT2D eigenvalue weighted by atomic mass is 16.2. The fraction of sp³-hybridized carbons (Fsp3) is 0.400. The van der Waals surface area contributed by atoms with Crippen LogP contribution in [0.5, 0.6) is 0 Å². The lowest BCUT2D eigenvalue weighted by Gasteiger charge is -2.23. The summed E-state index contributed by atoms with van der Waals surface area (Å²) in [6.45, 7) is 5.62. The monoisotopic (exact) mass is 291 g/mol. The van der Waals surface area contributed by atoms with E-state index in [2.05, 4.69) is 5.32 Å². The van der Waals surface area contributed by atoms with Crippen LogP contribution in [0.4, 0.5) is 10.5 Å². The van der Waals surface area contributed by atoms with Crippen LogP contribution in [-0.4, -0.2) is 35.7 Å². The van der Waals surface area contributed by atoms with E-state index >= 15 is 0 Å².